The highest BCUT2D eigenvalue weighted by atomic mass is 16.8. The molecule has 6 heterocycles. The fraction of sp³-hybridized carbons (Fsp3) is 0.302. The third-order valence-corrected chi connectivity index (χ3v) is 19.7. The van der Waals surface area contributed by atoms with Gasteiger partial charge in [0.25, 0.3) is 0 Å². The quantitative estimate of drug-likeness (QED) is 0.0211. The Bertz CT molecular complexity index is 5250. The standard InChI is InChI=1S/C44H43NO16.C42H38O16/c1-6-14-52-43(50)60-36-23(3)57-42(39(61-44(51)53-15-7-2)38(36)58-40(48)24-8-11-28(12-9-24)45(4)5)59-37-30-17-27(20-47)26(19-46)16-29(30)34(35-31(37)21-54-41(35)49)25-10-13-32-33(18-25)56-22-55-32;1-4-13-49-41(47)57-34-22(3)54-40(37(58-42(48)50-14-5-2)36(34)55-38(45)23-9-7-6-8-10-23)56-35-28-16-26(19-44)25(18-43)15-27(28)32(33-29(35)20-51-39(33)46)24-11-12-30-31(17-24)53-21-52-30/h6-13,16-18,23,36,38-39,42,46-47H,1-2,14-15,19-22H2,3-5H3;4-12,15-17,22,34,36-37,40,43-44H,1-2,13-14,18-21H2,3H3/t23-,36-,38+,39-,42?;22-,34-,36+,37-,40?/m11/s1. The Kier molecular flexibility index (Phi) is 26.1. The van der Waals surface area contributed by atoms with Crippen LogP contribution in [0.3, 0.4) is 0 Å². The lowest BCUT2D eigenvalue weighted by Gasteiger charge is -2.43. The van der Waals surface area contributed by atoms with Gasteiger partial charge in [0.1, 0.15) is 63.3 Å². The van der Waals surface area contributed by atoms with Gasteiger partial charge in [0.05, 0.1) is 48.7 Å². The highest BCUT2D eigenvalue weighted by Gasteiger charge is 2.56. The van der Waals surface area contributed by atoms with Crippen LogP contribution in [-0.4, -0.2) is 184 Å². The van der Waals surface area contributed by atoms with Gasteiger partial charge in [-0.3, -0.25) is 0 Å². The average molecular weight is 1640 g/mol. The van der Waals surface area contributed by atoms with E-state index in [-0.39, 0.29) is 98.1 Å². The molecule has 0 bridgehead atoms. The Balaban J connectivity index is 0.000000206. The van der Waals surface area contributed by atoms with Crippen LogP contribution >= 0.6 is 0 Å². The van der Waals surface area contributed by atoms with Crippen molar-refractivity contribution in [1.29, 1.82) is 0 Å². The third-order valence-electron chi connectivity index (χ3n) is 19.7. The van der Waals surface area contributed by atoms with Crippen molar-refractivity contribution < 1.29 is 154 Å². The minimum Gasteiger partial charge on any atom is -0.460 e. The van der Waals surface area contributed by atoms with E-state index < -0.39 is 136 Å². The molecule has 0 aliphatic carbocycles. The fourth-order valence-corrected chi connectivity index (χ4v) is 14.2. The average Bonchev–Trinajstić information content (AvgIpc) is 1.70. The zero-order valence-electron chi connectivity index (χ0n) is 64.5. The van der Waals surface area contributed by atoms with E-state index in [1.807, 2.05) is 19.0 Å². The molecule has 33 nitrogen and oxygen atoms in total. The van der Waals surface area contributed by atoms with Crippen molar-refractivity contribution in [2.75, 3.05) is 59.0 Å². The molecule has 119 heavy (non-hydrogen) atoms. The van der Waals surface area contributed by atoms with Crippen LogP contribution < -0.4 is 33.3 Å². The second kappa shape index (κ2) is 37.2. The number of anilines is 1. The molecule has 8 aromatic carbocycles. The van der Waals surface area contributed by atoms with Crippen LogP contribution in [0.5, 0.6) is 34.5 Å². The molecule has 8 aromatic rings. The van der Waals surface area contributed by atoms with Gasteiger partial charge in [0, 0.05) is 52.8 Å². The van der Waals surface area contributed by atoms with E-state index in [0.717, 1.165) is 5.69 Å². The van der Waals surface area contributed by atoms with Gasteiger partial charge in [-0.15, -0.1) is 0 Å². The molecule has 10 atom stereocenters. The number of benzene rings is 8. The van der Waals surface area contributed by atoms with Crippen LogP contribution in [0, 0.1) is 0 Å². The summed E-state index contributed by atoms with van der Waals surface area (Å²) in [6, 6.07) is 31.1. The van der Waals surface area contributed by atoms with Crippen LogP contribution in [0.25, 0.3) is 43.8 Å². The molecule has 2 fully saturated rings. The first kappa shape index (κ1) is 83.5. The maximum atomic E-state index is 13.9. The van der Waals surface area contributed by atoms with Crippen LogP contribution in [0.15, 0.2) is 166 Å². The Labute approximate surface area is 678 Å². The number of esters is 4. The molecular weight excluding hydrogens is 1560 g/mol. The van der Waals surface area contributed by atoms with Gasteiger partial charge < -0.3 is 120 Å². The molecular formula is C86H81NO32. The Hall–Kier alpha value is -13.4. The maximum absolute atomic E-state index is 13.9. The van der Waals surface area contributed by atoms with Crippen molar-refractivity contribution in [1.82, 2.24) is 0 Å². The topological polar surface area (TPSA) is 405 Å². The molecule has 2 unspecified atom stereocenters. The molecule has 0 radical (unpaired) electrons. The normalized spacial score (nSPS) is 20.1. The van der Waals surface area contributed by atoms with E-state index >= 15 is 0 Å². The smallest absolute Gasteiger partial charge is 0.460 e. The summed E-state index contributed by atoms with van der Waals surface area (Å²) in [6.45, 7) is 13.8. The number of fused-ring (bicyclic) bond motifs is 6. The largest absolute Gasteiger partial charge is 0.509 e. The number of hydrogen-bond donors (Lipinski definition) is 4. The van der Waals surface area contributed by atoms with E-state index in [4.69, 9.17) is 94.7 Å². The van der Waals surface area contributed by atoms with Crippen LogP contribution in [0.1, 0.15) is 88.7 Å². The molecule has 622 valence electrons. The van der Waals surface area contributed by atoms with Crippen LogP contribution in [-0.2, 0) is 106 Å². The maximum Gasteiger partial charge on any atom is 0.509 e. The van der Waals surface area contributed by atoms with Gasteiger partial charge in [-0.25, -0.2) is 38.4 Å². The molecule has 4 N–H and O–H groups in total. The first-order valence-corrected chi connectivity index (χ1v) is 37.1. The number of aliphatic hydroxyl groups excluding tert-OH is 4. The van der Waals surface area contributed by atoms with Gasteiger partial charge in [0.15, 0.2) is 47.4 Å². The summed E-state index contributed by atoms with van der Waals surface area (Å²) in [6.07, 6.45) is -14.8. The molecule has 0 amide bonds. The van der Waals surface area contributed by atoms with Gasteiger partial charge in [-0.1, -0.05) is 81.0 Å². The zero-order valence-corrected chi connectivity index (χ0v) is 64.5. The zero-order chi connectivity index (χ0) is 84.3. The van der Waals surface area contributed by atoms with E-state index in [1.165, 1.54) is 62.4 Å². The second-order valence-electron chi connectivity index (χ2n) is 27.3. The fourth-order valence-electron chi connectivity index (χ4n) is 14.2. The lowest BCUT2D eigenvalue weighted by molar-refractivity contribution is -0.270. The molecule has 14 rings (SSSR count). The number of nitrogens with zero attached hydrogens (tertiary/aromatic N) is 1. The highest BCUT2D eigenvalue weighted by molar-refractivity contribution is 6.15. The summed E-state index contributed by atoms with van der Waals surface area (Å²) in [5, 5.41) is 43.0. The van der Waals surface area contributed by atoms with Gasteiger partial charge >= 0.3 is 48.5 Å². The van der Waals surface area contributed by atoms with E-state index in [0.29, 0.717) is 89.1 Å². The molecule has 6 aliphatic rings. The summed E-state index contributed by atoms with van der Waals surface area (Å²) < 4.78 is 115. The number of ether oxygens (including phenoxy) is 20. The number of carbonyl (C=O) groups excluding carboxylic acids is 8. The molecule has 0 aromatic heterocycles. The monoisotopic (exact) mass is 1640 g/mol. The second-order valence-corrected chi connectivity index (χ2v) is 27.3. The summed E-state index contributed by atoms with van der Waals surface area (Å²) in [7, 11) is 3.67. The van der Waals surface area contributed by atoms with Crippen molar-refractivity contribution in [3.8, 4) is 56.8 Å². The molecule has 0 spiro atoms. The predicted molar refractivity (Wildman–Crippen MR) is 414 cm³/mol. The lowest BCUT2D eigenvalue weighted by Crippen LogP contribution is -2.62. The van der Waals surface area contributed by atoms with Crippen LogP contribution in [0.4, 0.5) is 24.9 Å². The van der Waals surface area contributed by atoms with Crippen LogP contribution in [0.2, 0.25) is 0 Å². The van der Waals surface area contributed by atoms with Crippen molar-refractivity contribution in [3.63, 3.8) is 0 Å². The first-order chi connectivity index (χ1) is 57.6. The molecule has 0 saturated carbocycles. The minimum atomic E-state index is -1.73. The van der Waals surface area contributed by atoms with Gasteiger partial charge in [-0.2, -0.15) is 0 Å². The minimum absolute atomic E-state index is 0.00606. The van der Waals surface area contributed by atoms with E-state index in [9.17, 15) is 58.8 Å². The number of rotatable bonds is 27. The Morgan fingerprint density at radius 3 is 1.13 bits per heavy atom. The van der Waals surface area contributed by atoms with Crippen molar-refractivity contribution in [3.05, 3.63) is 222 Å². The summed E-state index contributed by atoms with van der Waals surface area (Å²) in [5.41, 5.74) is 5.08. The predicted octanol–water partition coefficient (Wildman–Crippen LogP) is 11.4. The van der Waals surface area contributed by atoms with Gasteiger partial charge in [0.2, 0.25) is 38.4 Å². The SMILES string of the molecule is C=CCOC(=O)O[C@H]1[C@H](OC(=O)c2ccc(N(C)C)cc2)[C@@H](OC(=O)OCC=C)C(Oc2c3c(c(-c4ccc5c(c4)OCO5)c4cc(CO)c(CO)cc24)C(=O)OC3)O[C@@H]1C.C=CCOC(=O)O[C@H]1[C@H](OC(=O)c2ccccc2)[C@@H](OC(=O)OCC=C)C(Oc2c3c(c(-c4ccc5c(c4)OCO5)c4cc(CO)c(CO)cc24)C(=O)OC3)O[C@@H]1C. The molecule has 2 saturated heterocycles. The van der Waals surface area contributed by atoms with Crippen molar-refractivity contribution in [2.45, 2.75) is 115 Å². The number of carbonyl (C=O) groups is 8. The van der Waals surface area contributed by atoms with Crippen molar-refractivity contribution in [2.24, 2.45) is 0 Å². The van der Waals surface area contributed by atoms with Gasteiger partial charge in [-0.05, 0) is 143 Å². The summed E-state index contributed by atoms with van der Waals surface area (Å²) >= 11 is 0. The highest BCUT2D eigenvalue weighted by Crippen LogP contribution is 2.51. The number of hydrogen-bond acceptors (Lipinski definition) is 33. The molecule has 6 aliphatic heterocycles. The summed E-state index contributed by atoms with van der Waals surface area (Å²) in [5.74, 6) is -1.22. The third kappa shape index (κ3) is 17.8. The van der Waals surface area contributed by atoms with Crippen molar-refractivity contribution >= 4 is 75.7 Å². The number of aliphatic hydroxyl groups is 4. The Morgan fingerprint density at radius 1 is 0.412 bits per heavy atom. The molecule has 33 heteroatoms. The number of cyclic esters (lactones) is 2. The van der Waals surface area contributed by atoms with E-state index in [2.05, 4.69) is 26.3 Å². The summed E-state index contributed by atoms with van der Waals surface area (Å²) in [4.78, 5) is 109. The van der Waals surface area contributed by atoms with E-state index in [1.54, 1.807) is 91.0 Å². The Morgan fingerprint density at radius 2 is 0.765 bits per heavy atom. The lowest BCUT2D eigenvalue weighted by atomic mass is 9.87. The first-order valence-electron chi connectivity index (χ1n) is 37.1.